The molecule has 0 aliphatic rings. The summed E-state index contributed by atoms with van der Waals surface area (Å²) in [5.74, 6) is 0. The van der Waals surface area contributed by atoms with Crippen molar-refractivity contribution < 1.29 is 41.1 Å². The summed E-state index contributed by atoms with van der Waals surface area (Å²) in [5, 5.41) is 0.714. The van der Waals surface area contributed by atoms with Gasteiger partial charge in [-0.15, -0.1) is 0 Å². The van der Waals surface area contributed by atoms with Crippen LogP contribution in [0.4, 0.5) is 0 Å². The molecule has 0 unspecified atom stereocenters. The second-order valence-electron chi connectivity index (χ2n) is 3.27. The van der Waals surface area contributed by atoms with E-state index in [1.165, 1.54) is 7.05 Å². The van der Waals surface area contributed by atoms with Crippen LogP contribution in [0.5, 0.6) is 0 Å². The van der Waals surface area contributed by atoms with Gasteiger partial charge in [0, 0.05) is 56.9 Å². The monoisotopic (exact) mass is 327 g/mol. The van der Waals surface area contributed by atoms with Gasteiger partial charge in [0.1, 0.15) is 10.0 Å². The van der Waals surface area contributed by atoms with Gasteiger partial charge in [-0.1, -0.05) is 6.07 Å². The summed E-state index contributed by atoms with van der Waals surface area (Å²) in [6.45, 7) is 0. The molecule has 1 aromatic carbocycles. The number of aromatic nitrogens is 1. The summed E-state index contributed by atoms with van der Waals surface area (Å²) < 4.78 is 28.6. The summed E-state index contributed by atoms with van der Waals surface area (Å²) in [5.41, 5.74) is 0.889. The van der Waals surface area contributed by atoms with Crippen LogP contribution in [0.2, 0.25) is 0 Å². The summed E-state index contributed by atoms with van der Waals surface area (Å²) in [6.07, 6.45) is 1.83. The Morgan fingerprint density at radius 3 is 2.47 bits per heavy atom. The number of benzene rings is 1. The average Bonchev–Trinajstić information content (AvgIpc) is 2.60. The molecule has 0 spiro atoms. The van der Waals surface area contributed by atoms with Crippen LogP contribution in [0.15, 0.2) is 35.4 Å². The van der Waals surface area contributed by atoms with E-state index in [1.807, 2.05) is 23.9 Å². The molecule has 0 saturated heterocycles. The Kier molecular flexibility index (Phi) is 6.01. The van der Waals surface area contributed by atoms with Crippen molar-refractivity contribution in [1.29, 1.82) is 0 Å². The standard InChI is InChI=1S/C10H11N2O2S.CH3.Y/c1-11-15(13,14)10-5-3-4-9-8(10)6-7-12(9)2;;/h3-7H,1-2H3;1H3;/q2*-1;. The van der Waals surface area contributed by atoms with Crippen molar-refractivity contribution >= 4 is 20.9 Å². The van der Waals surface area contributed by atoms with Crippen molar-refractivity contribution in [3.8, 4) is 0 Å². The molecule has 1 radical (unpaired) electrons. The van der Waals surface area contributed by atoms with Crippen LogP contribution >= 0.6 is 0 Å². The van der Waals surface area contributed by atoms with Crippen LogP contribution in [0.3, 0.4) is 0 Å². The van der Waals surface area contributed by atoms with Gasteiger partial charge in [-0.3, -0.25) is 0 Å². The molecule has 6 heteroatoms. The fourth-order valence-electron chi connectivity index (χ4n) is 1.60. The molecule has 0 amide bonds. The molecule has 0 saturated carbocycles. The van der Waals surface area contributed by atoms with Gasteiger partial charge in [0.15, 0.2) is 0 Å². The number of hydrogen-bond acceptors (Lipinski definition) is 2. The molecule has 0 fully saturated rings. The first-order valence-corrected chi connectivity index (χ1v) is 5.90. The van der Waals surface area contributed by atoms with Gasteiger partial charge < -0.3 is 16.7 Å². The minimum absolute atomic E-state index is 0. The number of nitrogens with zero attached hydrogens (tertiary/aromatic N) is 2. The topological polar surface area (TPSA) is 53.2 Å². The van der Waals surface area contributed by atoms with E-state index in [0.717, 1.165) is 5.52 Å². The van der Waals surface area contributed by atoms with E-state index in [2.05, 4.69) is 4.72 Å². The van der Waals surface area contributed by atoms with E-state index < -0.39 is 10.0 Å². The minimum atomic E-state index is -3.50. The first-order valence-electron chi connectivity index (χ1n) is 4.46. The molecule has 1 aromatic heterocycles. The minimum Gasteiger partial charge on any atom is -0.547 e. The van der Waals surface area contributed by atoms with Crippen LogP contribution in [0, 0.1) is 7.43 Å². The Morgan fingerprint density at radius 2 is 1.88 bits per heavy atom. The van der Waals surface area contributed by atoms with Gasteiger partial charge in [-0.25, -0.2) is 8.42 Å². The molecule has 0 aliphatic carbocycles. The van der Waals surface area contributed by atoms with Crippen LogP contribution in [-0.4, -0.2) is 20.0 Å². The molecule has 91 valence electrons. The van der Waals surface area contributed by atoms with Gasteiger partial charge in [0.2, 0.25) is 0 Å². The maximum Gasteiger partial charge on any atom is 0.101 e. The summed E-state index contributed by atoms with van der Waals surface area (Å²) in [6, 6.07) is 6.96. The molecule has 17 heavy (non-hydrogen) atoms. The van der Waals surface area contributed by atoms with Gasteiger partial charge in [-0.05, 0) is 18.2 Å². The van der Waals surface area contributed by atoms with Crippen LogP contribution in [0.25, 0.3) is 15.6 Å². The molecule has 4 nitrogen and oxygen atoms in total. The maximum absolute atomic E-state index is 11.6. The summed E-state index contributed by atoms with van der Waals surface area (Å²) >= 11 is 0. The van der Waals surface area contributed by atoms with Crippen molar-refractivity contribution in [2.45, 2.75) is 4.90 Å². The quantitative estimate of drug-likeness (QED) is 0.795. The zero-order valence-corrected chi connectivity index (χ0v) is 13.7. The second kappa shape index (κ2) is 6.09. The fourth-order valence-corrected chi connectivity index (χ4v) is 2.50. The van der Waals surface area contributed by atoms with Crippen LogP contribution in [0.1, 0.15) is 0 Å². The van der Waals surface area contributed by atoms with Gasteiger partial charge in [0.25, 0.3) is 0 Å². The van der Waals surface area contributed by atoms with Crippen LogP contribution < -0.4 is 0 Å². The first-order chi connectivity index (χ1) is 7.06. The van der Waals surface area contributed by atoms with Crippen molar-refractivity contribution in [2.75, 3.05) is 7.05 Å². The second-order valence-corrected chi connectivity index (χ2v) is 5.03. The Balaban J connectivity index is 0.00000128. The molecule has 2 aromatic rings. The Labute approximate surface area is 127 Å². The number of fused-ring (bicyclic) bond motifs is 1. The Bertz CT molecular complexity index is 605. The zero-order valence-electron chi connectivity index (χ0n) is 10.1. The van der Waals surface area contributed by atoms with E-state index >= 15 is 0 Å². The third-order valence-electron chi connectivity index (χ3n) is 2.41. The molecular weight excluding hydrogens is 313 g/mol. The van der Waals surface area contributed by atoms with E-state index in [1.54, 1.807) is 18.2 Å². The number of rotatable bonds is 2. The van der Waals surface area contributed by atoms with E-state index in [4.69, 9.17) is 0 Å². The molecule has 0 N–H and O–H groups in total. The first kappa shape index (κ1) is 16.8. The normalized spacial score (nSPS) is 10.7. The predicted molar refractivity (Wildman–Crippen MR) is 65.8 cm³/mol. The van der Waals surface area contributed by atoms with Crippen molar-refractivity contribution in [3.05, 3.63) is 42.6 Å². The average molecular weight is 327 g/mol. The smallest absolute Gasteiger partial charge is 0.101 e. The van der Waals surface area contributed by atoms with E-state index in [9.17, 15) is 8.42 Å². The summed E-state index contributed by atoms with van der Waals surface area (Å²) in [4.78, 5) is 0.267. The third kappa shape index (κ3) is 2.96. The molecular formula is C11H14N2O2SY-2. The largest absolute Gasteiger partial charge is 0.547 e. The summed E-state index contributed by atoms with van der Waals surface area (Å²) in [7, 11) is -0.334. The number of aryl methyl sites for hydroxylation is 1. The van der Waals surface area contributed by atoms with E-state index in [0.29, 0.717) is 5.39 Å². The third-order valence-corrected chi connectivity index (χ3v) is 3.80. The van der Waals surface area contributed by atoms with E-state index in [-0.39, 0.29) is 45.0 Å². The molecule has 1 heterocycles. The molecule has 2 rings (SSSR count). The van der Waals surface area contributed by atoms with Crippen molar-refractivity contribution in [1.82, 2.24) is 4.57 Å². The van der Waals surface area contributed by atoms with Gasteiger partial charge >= 0.3 is 0 Å². The van der Waals surface area contributed by atoms with Crippen molar-refractivity contribution in [3.63, 3.8) is 0 Å². The van der Waals surface area contributed by atoms with Crippen molar-refractivity contribution in [2.24, 2.45) is 7.05 Å². The zero-order chi connectivity index (χ0) is 11.1. The molecule has 0 bridgehead atoms. The Morgan fingerprint density at radius 1 is 1.24 bits per heavy atom. The molecule has 0 atom stereocenters. The SMILES string of the molecule is C[N-]S(=O)(=O)c1cccc2c1ccn2C.[CH3-].[Y]. The number of sulfonamides is 1. The van der Waals surface area contributed by atoms with Crippen LogP contribution in [-0.2, 0) is 49.8 Å². The maximum atomic E-state index is 11.6. The molecule has 0 aliphatic heterocycles. The van der Waals surface area contributed by atoms with Gasteiger partial charge in [-0.2, -0.15) is 7.05 Å². The fraction of sp³-hybridized carbons (Fsp3) is 0.182. The predicted octanol–water partition coefficient (Wildman–Crippen LogP) is 2.32. The number of hydrogen-bond donors (Lipinski definition) is 0. The van der Waals surface area contributed by atoms with Gasteiger partial charge in [0.05, 0.1) is 4.90 Å². The Hall–Kier alpha value is -0.226.